The Labute approximate surface area is 167 Å². The predicted molar refractivity (Wildman–Crippen MR) is 107 cm³/mol. The van der Waals surface area contributed by atoms with Gasteiger partial charge in [0.1, 0.15) is 11.5 Å². The first-order valence-electron chi connectivity index (χ1n) is 9.56. The van der Waals surface area contributed by atoms with Crippen LogP contribution in [-0.2, 0) is 0 Å². The van der Waals surface area contributed by atoms with Gasteiger partial charge in [-0.25, -0.2) is 18.7 Å². The molecule has 1 aliphatic heterocycles. The summed E-state index contributed by atoms with van der Waals surface area (Å²) in [6, 6.07) is 14.4. The molecule has 0 radical (unpaired) electrons. The highest BCUT2D eigenvalue weighted by atomic mass is 19.2. The van der Waals surface area contributed by atoms with Crippen molar-refractivity contribution in [3.05, 3.63) is 71.9 Å². The zero-order valence-electron chi connectivity index (χ0n) is 15.7. The van der Waals surface area contributed by atoms with Crippen molar-refractivity contribution in [2.75, 3.05) is 18.4 Å². The van der Waals surface area contributed by atoms with E-state index in [2.05, 4.69) is 15.3 Å². The van der Waals surface area contributed by atoms with Gasteiger partial charge < -0.3 is 10.2 Å². The van der Waals surface area contributed by atoms with Gasteiger partial charge in [-0.05, 0) is 31.4 Å². The van der Waals surface area contributed by atoms with Gasteiger partial charge in [0, 0.05) is 36.5 Å². The predicted octanol–water partition coefficient (Wildman–Crippen LogP) is 4.79. The molecule has 7 heteroatoms. The average molecular weight is 394 g/mol. The maximum absolute atomic E-state index is 13.6. The van der Waals surface area contributed by atoms with Crippen LogP contribution in [0.15, 0.2) is 54.6 Å². The van der Waals surface area contributed by atoms with E-state index in [1.54, 1.807) is 11.0 Å². The molecule has 1 fully saturated rings. The van der Waals surface area contributed by atoms with Crippen molar-refractivity contribution in [2.45, 2.75) is 19.3 Å². The summed E-state index contributed by atoms with van der Waals surface area (Å²) in [5, 5.41) is 2.95. The number of carbonyl (C=O) groups excluding carboxylic acids is 1. The number of hydrogen-bond acceptors (Lipinski definition) is 4. The largest absolute Gasteiger partial charge is 0.340 e. The fraction of sp³-hybridized carbons (Fsp3) is 0.227. The molecule has 0 bridgehead atoms. The molecule has 2 aromatic carbocycles. The van der Waals surface area contributed by atoms with Crippen molar-refractivity contribution in [2.24, 2.45) is 0 Å². The Kier molecular flexibility index (Phi) is 5.46. The summed E-state index contributed by atoms with van der Waals surface area (Å²) in [6.07, 6.45) is 3.07. The van der Waals surface area contributed by atoms with Gasteiger partial charge in [-0.2, -0.15) is 0 Å². The van der Waals surface area contributed by atoms with Gasteiger partial charge in [-0.3, -0.25) is 4.79 Å². The zero-order valence-corrected chi connectivity index (χ0v) is 15.7. The zero-order chi connectivity index (χ0) is 20.2. The smallest absolute Gasteiger partial charge is 0.272 e. The molecule has 1 saturated heterocycles. The molecule has 1 aliphatic rings. The Morgan fingerprint density at radius 2 is 1.66 bits per heavy atom. The summed E-state index contributed by atoms with van der Waals surface area (Å²) in [4.78, 5) is 23.7. The van der Waals surface area contributed by atoms with Crippen LogP contribution in [0.1, 0.15) is 29.8 Å². The van der Waals surface area contributed by atoms with Gasteiger partial charge in [0.15, 0.2) is 17.5 Å². The summed E-state index contributed by atoms with van der Waals surface area (Å²) < 4.78 is 26.8. The normalized spacial score (nSPS) is 13.9. The number of benzene rings is 2. The molecule has 0 aliphatic carbocycles. The summed E-state index contributed by atoms with van der Waals surface area (Å²) in [6.45, 7) is 1.41. The Bertz CT molecular complexity index is 1020. The van der Waals surface area contributed by atoms with Crippen LogP contribution in [0.4, 0.5) is 20.3 Å². The number of likely N-dealkylation sites (tertiary alicyclic amines) is 1. The fourth-order valence-electron chi connectivity index (χ4n) is 3.32. The van der Waals surface area contributed by atoms with E-state index in [1.807, 2.05) is 30.3 Å². The summed E-state index contributed by atoms with van der Waals surface area (Å²) in [5.74, 6) is -1.32. The second-order valence-corrected chi connectivity index (χ2v) is 6.93. The summed E-state index contributed by atoms with van der Waals surface area (Å²) in [5.41, 5.74) is 1.36. The highest BCUT2D eigenvalue weighted by Crippen LogP contribution is 2.23. The third kappa shape index (κ3) is 4.39. The second kappa shape index (κ2) is 8.34. The van der Waals surface area contributed by atoms with E-state index in [4.69, 9.17) is 0 Å². The minimum atomic E-state index is -0.961. The van der Waals surface area contributed by atoms with Crippen molar-refractivity contribution in [3.63, 3.8) is 0 Å². The highest BCUT2D eigenvalue weighted by Gasteiger charge is 2.21. The summed E-state index contributed by atoms with van der Waals surface area (Å²) >= 11 is 0. The van der Waals surface area contributed by atoms with Crippen LogP contribution in [0.2, 0.25) is 0 Å². The van der Waals surface area contributed by atoms with Crippen molar-refractivity contribution in [1.29, 1.82) is 0 Å². The summed E-state index contributed by atoms with van der Waals surface area (Å²) in [7, 11) is 0. The molecule has 1 N–H and O–H groups in total. The van der Waals surface area contributed by atoms with Crippen molar-refractivity contribution >= 4 is 17.4 Å². The minimum absolute atomic E-state index is 0.155. The van der Waals surface area contributed by atoms with Crippen LogP contribution in [0.25, 0.3) is 11.4 Å². The van der Waals surface area contributed by atoms with Crippen molar-refractivity contribution < 1.29 is 13.6 Å². The molecule has 0 saturated carbocycles. The molecule has 148 valence electrons. The molecular formula is C22H20F2N4O. The Hall–Kier alpha value is -3.35. The van der Waals surface area contributed by atoms with Gasteiger partial charge in [0.05, 0.1) is 0 Å². The number of piperidine rings is 1. The van der Waals surface area contributed by atoms with E-state index in [0.29, 0.717) is 30.4 Å². The molecule has 0 unspecified atom stereocenters. The number of nitrogens with one attached hydrogen (secondary N) is 1. The van der Waals surface area contributed by atoms with Gasteiger partial charge in [-0.1, -0.05) is 30.3 Å². The monoisotopic (exact) mass is 394 g/mol. The average Bonchev–Trinajstić information content (AvgIpc) is 2.77. The number of rotatable bonds is 4. The van der Waals surface area contributed by atoms with Gasteiger partial charge in [-0.15, -0.1) is 0 Å². The molecule has 0 atom stereocenters. The van der Waals surface area contributed by atoms with Gasteiger partial charge >= 0.3 is 0 Å². The number of hydrogen-bond donors (Lipinski definition) is 1. The Morgan fingerprint density at radius 1 is 0.897 bits per heavy atom. The van der Waals surface area contributed by atoms with Crippen LogP contribution in [0.3, 0.4) is 0 Å². The minimum Gasteiger partial charge on any atom is -0.340 e. The van der Waals surface area contributed by atoms with E-state index >= 15 is 0 Å². The molecule has 1 amide bonds. The SMILES string of the molecule is O=C(c1cc(Nc2ccc(F)c(F)c2)nc(-c2ccccc2)n1)N1CCCCC1. The lowest BCUT2D eigenvalue weighted by atomic mass is 10.1. The molecular weight excluding hydrogens is 374 g/mol. The standard InChI is InChI=1S/C22H20F2N4O/c23-17-10-9-16(13-18(17)24)25-20-14-19(22(29)28-11-5-2-6-12-28)26-21(27-20)15-7-3-1-4-8-15/h1,3-4,7-10,13-14H,2,5-6,11-12H2,(H,25,26,27). The number of aromatic nitrogens is 2. The van der Waals surface area contributed by atoms with Crippen LogP contribution < -0.4 is 5.32 Å². The third-order valence-electron chi connectivity index (χ3n) is 4.81. The fourth-order valence-corrected chi connectivity index (χ4v) is 3.32. The molecule has 1 aromatic heterocycles. The van der Waals surface area contributed by atoms with Crippen LogP contribution >= 0.6 is 0 Å². The van der Waals surface area contributed by atoms with Crippen molar-refractivity contribution in [3.8, 4) is 11.4 Å². The van der Waals surface area contributed by atoms with Crippen LogP contribution in [0, 0.1) is 11.6 Å². The van der Waals surface area contributed by atoms with Crippen LogP contribution in [0.5, 0.6) is 0 Å². The Balaban J connectivity index is 1.71. The van der Waals surface area contributed by atoms with Gasteiger partial charge in [0.25, 0.3) is 5.91 Å². The van der Waals surface area contributed by atoms with E-state index < -0.39 is 11.6 Å². The van der Waals surface area contributed by atoms with E-state index in [1.165, 1.54) is 6.07 Å². The second-order valence-electron chi connectivity index (χ2n) is 6.93. The first kappa shape index (κ1) is 19.0. The number of nitrogens with zero attached hydrogens (tertiary/aromatic N) is 3. The van der Waals surface area contributed by atoms with Crippen LogP contribution in [-0.4, -0.2) is 33.9 Å². The first-order chi connectivity index (χ1) is 14.1. The van der Waals surface area contributed by atoms with E-state index in [-0.39, 0.29) is 11.6 Å². The highest BCUT2D eigenvalue weighted by molar-refractivity contribution is 5.93. The number of amides is 1. The van der Waals surface area contributed by atoms with E-state index in [0.717, 1.165) is 37.0 Å². The molecule has 4 rings (SSSR count). The lowest BCUT2D eigenvalue weighted by Gasteiger charge is -2.26. The molecule has 2 heterocycles. The number of anilines is 2. The number of halogens is 2. The molecule has 0 spiro atoms. The molecule has 29 heavy (non-hydrogen) atoms. The number of carbonyl (C=O) groups is 1. The van der Waals surface area contributed by atoms with Crippen molar-refractivity contribution in [1.82, 2.24) is 14.9 Å². The lowest BCUT2D eigenvalue weighted by Crippen LogP contribution is -2.36. The molecule has 3 aromatic rings. The molecule has 5 nitrogen and oxygen atoms in total. The Morgan fingerprint density at radius 3 is 2.38 bits per heavy atom. The topological polar surface area (TPSA) is 58.1 Å². The maximum Gasteiger partial charge on any atom is 0.272 e. The van der Waals surface area contributed by atoms with Gasteiger partial charge in [0.2, 0.25) is 0 Å². The maximum atomic E-state index is 13.6. The first-order valence-corrected chi connectivity index (χ1v) is 9.56. The third-order valence-corrected chi connectivity index (χ3v) is 4.81. The lowest BCUT2D eigenvalue weighted by molar-refractivity contribution is 0.0718. The quantitative estimate of drug-likeness (QED) is 0.691. The van der Waals surface area contributed by atoms with E-state index in [9.17, 15) is 13.6 Å².